The van der Waals surface area contributed by atoms with E-state index >= 15 is 0 Å². The summed E-state index contributed by atoms with van der Waals surface area (Å²) in [6.07, 6.45) is 3.32. The molecule has 23 heavy (non-hydrogen) atoms. The molecule has 1 aliphatic rings. The van der Waals surface area contributed by atoms with E-state index in [-0.39, 0.29) is 5.92 Å². The lowest BCUT2D eigenvalue weighted by molar-refractivity contribution is -0.139. The van der Waals surface area contributed by atoms with E-state index in [1.807, 2.05) is 24.3 Å². The molecule has 0 saturated heterocycles. The van der Waals surface area contributed by atoms with E-state index in [0.717, 1.165) is 11.3 Å². The molecule has 0 fully saturated rings. The topological polar surface area (TPSA) is 91.3 Å². The molecule has 1 amide bonds. The molecule has 0 radical (unpaired) electrons. The fraction of sp³-hybridized carbons (Fsp3) is 0.235. The number of aliphatic carboxylic acids is 1. The van der Waals surface area contributed by atoms with Gasteiger partial charge >= 0.3 is 5.97 Å². The van der Waals surface area contributed by atoms with Gasteiger partial charge < -0.3 is 15.7 Å². The Bertz CT molecular complexity index is 718. The van der Waals surface area contributed by atoms with Crippen LogP contribution >= 0.6 is 0 Å². The highest BCUT2D eigenvalue weighted by Crippen LogP contribution is 2.34. The number of hydrogen-bond acceptors (Lipinski definition) is 4. The molecule has 6 nitrogen and oxygen atoms in total. The molecular weight excluding hydrogens is 294 g/mol. The zero-order valence-electron chi connectivity index (χ0n) is 12.4. The molecule has 3 N–H and O–H groups in total. The van der Waals surface area contributed by atoms with Crippen LogP contribution in [0, 0.1) is 0 Å². The number of carbonyl (C=O) groups is 2. The number of pyridine rings is 1. The number of fused-ring (bicyclic) bond motifs is 1. The highest BCUT2D eigenvalue weighted by Gasteiger charge is 2.29. The molecule has 0 spiro atoms. The van der Waals surface area contributed by atoms with Gasteiger partial charge in [0.15, 0.2) is 0 Å². The standard InChI is InChI=1S/C17H17N3O3/c21-16(11-4-3-7-18-9-11)20-15(17(22)23)8-12-10-19-14-6-2-1-5-13(12)14/h1-7,9,12,15,19H,8,10H2,(H,20,21)(H,22,23). The van der Waals surface area contributed by atoms with E-state index in [1.165, 1.54) is 6.20 Å². The number of anilines is 1. The Morgan fingerprint density at radius 3 is 2.87 bits per heavy atom. The second kappa shape index (κ2) is 6.48. The SMILES string of the molecule is O=C(NC(CC1CNc2ccccc21)C(=O)O)c1cccnc1. The summed E-state index contributed by atoms with van der Waals surface area (Å²) < 4.78 is 0. The van der Waals surface area contributed by atoms with Crippen molar-refractivity contribution in [3.8, 4) is 0 Å². The summed E-state index contributed by atoms with van der Waals surface area (Å²) in [5.41, 5.74) is 2.47. The average Bonchev–Trinajstić information content (AvgIpc) is 2.98. The molecule has 6 heteroatoms. The third-order valence-electron chi connectivity index (χ3n) is 3.99. The van der Waals surface area contributed by atoms with E-state index in [9.17, 15) is 14.7 Å². The predicted molar refractivity (Wildman–Crippen MR) is 85.4 cm³/mol. The largest absolute Gasteiger partial charge is 0.480 e. The first-order valence-electron chi connectivity index (χ1n) is 7.41. The second-order valence-corrected chi connectivity index (χ2v) is 5.51. The van der Waals surface area contributed by atoms with Crippen LogP contribution in [0.5, 0.6) is 0 Å². The smallest absolute Gasteiger partial charge is 0.326 e. The molecule has 0 aliphatic carbocycles. The van der Waals surface area contributed by atoms with Gasteiger partial charge in [-0.25, -0.2) is 4.79 Å². The third kappa shape index (κ3) is 3.31. The first-order chi connectivity index (χ1) is 11.1. The summed E-state index contributed by atoms with van der Waals surface area (Å²) >= 11 is 0. The third-order valence-corrected chi connectivity index (χ3v) is 3.99. The van der Waals surface area contributed by atoms with Crippen LogP contribution in [0.15, 0.2) is 48.8 Å². The summed E-state index contributed by atoms with van der Waals surface area (Å²) in [6.45, 7) is 0.673. The zero-order valence-corrected chi connectivity index (χ0v) is 12.4. The molecular formula is C17H17N3O3. The number of aromatic nitrogens is 1. The Morgan fingerprint density at radius 1 is 1.30 bits per heavy atom. The van der Waals surface area contributed by atoms with Crippen molar-refractivity contribution in [1.82, 2.24) is 10.3 Å². The highest BCUT2D eigenvalue weighted by atomic mass is 16.4. The van der Waals surface area contributed by atoms with Gasteiger partial charge in [0.2, 0.25) is 0 Å². The lowest BCUT2D eigenvalue weighted by Crippen LogP contribution is -2.42. The fourth-order valence-corrected chi connectivity index (χ4v) is 2.81. The van der Waals surface area contributed by atoms with Crippen LogP contribution in [-0.2, 0) is 4.79 Å². The summed E-state index contributed by atoms with van der Waals surface area (Å²) in [7, 11) is 0. The second-order valence-electron chi connectivity index (χ2n) is 5.51. The molecule has 2 atom stereocenters. The van der Waals surface area contributed by atoms with Crippen molar-refractivity contribution in [2.75, 3.05) is 11.9 Å². The maximum Gasteiger partial charge on any atom is 0.326 e. The van der Waals surface area contributed by atoms with Gasteiger partial charge in [0, 0.05) is 30.5 Å². The number of nitrogens with zero attached hydrogens (tertiary/aromatic N) is 1. The summed E-state index contributed by atoms with van der Waals surface area (Å²) in [5.74, 6) is -1.40. The van der Waals surface area contributed by atoms with Gasteiger partial charge in [-0.3, -0.25) is 9.78 Å². The molecule has 2 unspecified atom stereocenters. The molecule has 1 aliphatic heterocycles. The average molecular weight is 311 g/mol. The number of benzene rings is 1. The summed E-state index contributed by atoms with van der Waals surface area (Å²) in [4.78, 5) is 27.5. The number of rotatable bonds is 5. The van der Waals surface area contributed by atoms with E-state index in [0.29, 0.717) is 18.5 Å². The number of para-hydroxylation sites is 1. The zero-order chi connectivity index (χ0) is 16.2. The van der Waals surface area contributed by atoms with Crippen molar-refractivity contribution in [3.05, 3.63) is 59.9 Å². The first-order valence-corrected chi connectivity index (χ1v) is 7.41. The van der Waals surface area contributed by atoms with Crippen LogP contribution in [0.1, 0.15) is 28.3 Å². The minimum absolute atomic E-state index is 0.0569. The van der Waals surface area contributed by atoms with Gasteiger partial charge in [0.05, 0.1) is 5.56 Å². The molecule has 2 heterocycles. The Labute approximate surface area is 133 Å². The minimum Gasteiger partial charge on any atom is -0.480 e. The van der Waals surface area contributed by atoms with Crippen molar-refractivity contribution in [2.24, 2.45) is 0 Å². The summed E-state index contributed by atoms with van der Waals surface area (Å²) in [6, 6.07) is 10.1. The van der Waals surface area contributed by atoms with Crippen LogP contribution < -0.4 is 10.6 Å². The molecule has 1 aromatic carbocycles. The van der Waals surface area contributed by atoms with Crippen molar-refractivity contribution >= 4 is 17.6 Å². The number of carbonyl (C=O) groups excluding carboxylic acids is 1. The Hall–Kier alpha value is -2.89. The van der Waals surface area contributed by atoms with Crippen LogP contribution in [0.25, 0.3) is 0 Å². The molecule has 1 aromatic heterocycles. The van der Waals surface area contributed by atoms with Gasteiger partial charge in [0.1, 0.15) is 6.04 Å². The van der Waals surface area contributed by atoms with Crippen LogP contribution in [0.2, 0.25) is 0 Å². The number of carboxylic acid groups (broad SMARTS) is 1. The first kappa shape index (κ1) is 15.0. The molecule has 0 bridgehead atoms. The number of hydrogen-bond donors (Lipinski definition) is 3. The van der Waals surface area contributed by atoms with Crippen LogP contribution in [-0.4, -0.2) is 34.6 Å². The molecule has 118 valence electrons. The van der Waals surface area contributed by atoms with Gasteiger partial charge in [-0.1, -0.05) is 18.2 Å². The van der Waals surface area contributed by atoms with Gasteiger partial charge in [-0.2, -0.15) is 0 Å². The maximum atomic E-state index is 12.1. The van der Waals surface area contributed by atoms with Gasteiger partial charge in [-0.05, 0) is 30.2 Å². The van der Waals surface area contributed by atoms with E-state index < -0.39 is 17.9 Å². The fourth-order valence-electron chi connectivity index (χ4n) is 2.81. The van der Waals surface area contributed by atoms with E-state index in [4.69, 9.17) is 0 Å². The van der Waals surface area contributed by atoms with E-state index in [1.54, 1.807) is 18.3 Å². The highest BCUT2D eigenvalue weighted by molar-refractivity contribution is 5.96. The quantitative estimate of drug-likeness (QED) is 0.784. The lowest BCUT2D eigenvalue weighted by atomic mass is 9.94. The number of nitrogens with one attached hydrogen (secondary N) is 2. The predicted octanol–water partition coefficient (Wildman–Crippen LogP) is 1.86. The summed E-state index contributed by atoms with van der Waals surface area (Å²) in [5, 5.41) is 15.3. The molecule has 3 rings (SSSR count). The van der Waals surface area contributed by atoms with Crippen LogP contribution in [0.4, 0.5) is 5.69 Å². The Balaban J connectivity index is 1.71. The number of carboxylic acids is 1. The monoisotopic (exact) mass is 311 g/mol. The Kier molecular flexibility index (Phi) is 4.23. The molecule has 0 saturated carbocycles. The van der Waals surface area contributed by atoms with E-state index in [2.05, 4.69) is 15.6 Å². The van der Waals surface area contributed by atoms with Crippen molar-refractivity contribution in [3.63, 3.8) is 0 Å². The van der Waals surface area contributed by atoms with Crippen molar-refractivity contribution in [2.45, 2.75) is 18.4 Å². The van der Waals surface area contributed by atoms with Crippen molar-refractivity contribution < 1.29 is 14.7 Å². The number of amides is 1. The minimum atomic E-state index is -1.04. The van der Waals surface area contributed by atoms with Gasteiger partial charge in [0.25, 0.3) is 5.91 Å². The molecule has 2 aromatic rings. The van der Waals surface area contributed by atoms with Crippen molar-refractivity contribution in [1.29, 1.82) is 0 Å². The maximum absolute atomic E-state index is 12.1. The van der Waals surface area contributed by atoms with Gasteiger partial charge in [-0.15, -0.1) is 0 Å². The van der Waals surface area contributed by atoms with Crippen LogP contribution in [0.3, 0.4) is 0 Å². The lowest BCUT2D eigenvalue weighted by Gasteiger charge is -2.18. The Morgan fingerprint density at radius 2 is 2.13 bits per heavy atom. The normalized spacial score (nSPS) is 17.0.